The third kappa shape index (κ3) is 6.02. The summed E-state index contributed by atoms with van der Waals surface area (Å²) in [7, 11) is 1.68. The highest BCUT2D eigenvalue weighted by Gasteiger charge is 2.40. The second kappa shape index (κ2) is 11.8. The van der Waals surface area contributed by atoms with Crippen molar-refractivity contribution in [2.75, 3.05) is 7.11 Å². The van der Waals surface area contributed by atoms with Crippen LogP contribution in [-0.2, 0) is 4.79 Å². The molecule has 5 nitrogen and oxygen atoms in total. The van der Waals surface area contributed by atoms with Crippen LogP contribution in [0.4, 0.5) is 0 Å². The summed E-state index contributed by atoms with van der Waals surface area (Å²) in [4.78, 5) is 10.7. The molecule has 5 rings (SSSR count). The van der Waals surface area contributed by atoms with E-state index in [1.165, 1.54) is 12.8 Å². The van der Waals surface area contributed by atoms with E-state index in [1.54, 1.807) is 7.11 Å². The van der Waals surface area contributed by atoms with E-state index in [9.17, 15) is 4.79 Å². The first-order valence-electron chi connectivity index (χ1n) is 12.3. The van der Waals surface area contributed by atoms with Crippen molar-refractivity contribution in [1.82, 2.24) is 0 Å². The number of carboxylic acids is 1. The summed E-state index contributed by atoms with van der Waals surface area (Å²) in [6.07, 6.45) is 14.1. The van der Waals surface area contributed by atoms with Gasteiger partial charge in [0.25, 0.3) is 0 Å². The Kier molecular flexibility index (Phi) is 8.29. The maximum Gasteiger partial charge on any atom is 0.303 e. The number of hydrogen-bond acceptors (Lipinski definition) is 4. The molecule has 1 N–H and O–H groups in total. The topological polar surface area (TPSA) is 71.2 Å². The van der Waals surface area contributed by atoms with Crippen molar-refractivity contribution in [1.29, 1.82) is 0 Å². The number of fused-ring (bicyclic) bond motifs is 2. The van der Waals surface area contributed by atoms with Gasteiger partial charge < -0.3 is 9.84 Å². The van der Waals surface area contributed by atoms with Gasteiger partial charge in [-0.2, -0.15) is 10.2 Å². The van der Waals surface area contributed by atoms with Gasteiger partial charge in [-0.3, -0.25) is 4.79 Å². The first-order valence-corrected chi connectivity index (χ1v) is 12.3. The number of benzene rings is 2. The predicted molar refractivity (Wildman–Crippen MR) is 134 cm³/mol. The number of methoxy groups -OCH3 is 1. The van der Waals surface area contributed by atoms with Gasteiger partial charge in [0.2, 0.25) is 0 Å². The summed E-state index contributed by atoms with van der Waals surface area (Å²) >= 11 is 0. The van der Waals surface area contributed by atoms with Crippen LogP contribution in [0.25, 0.3) is 0 Å². The molecule has 5 heteroatoms. The van der Waals surface area contributed by atoms with E-state index in [0.29, 0.717) is 24.2 Å². The molecule has 34 heavy (non-hydrogen) atoms. The average molecular weight is 459 g/mol. The molecular weight excluding hydrogens is 424 g/mol. The summed E-state index contributed by atoms with van der Waals surface area (Å²) in [6.45, 7) is 0. The van der Waals surface area contributed by atoms with Gasteiger partial charge in [-0.05, 0) is 67.2 Å². The number of hydrogen-bond donors (Lipinski definition) is 1. The number of azo groups is 1. The Morgan fingerprint density at radius 3 is 2.41 bits per heavy atom. The van der Waals surface area contributed by atoms with Crippen molar-refractivity contribution in [3.63, 3.8) is 0 Å². The highest BCUT2D eigenvalue weighted by molar-refractivity contribution is 5.66. The first kappa shape index (κ1) is 23.9. The SMILES string of the molecule is COc1ccc(C(N=NC2[C@H]3C=C[C@H](CC3)[C@H]2C/C=C\CCCC(=O)O)c2ccccc2)cc1. The van der Waals surface area contributed by atoms with E-state index < -0.39 is 5.97 Å². The van der Waals surface area contributed by atoms with Crippen LogP contribution in [0.15, 0.2) is 89.1 Å². The number of aliphatic carboxylic acids is 1. The van der Waals surface area contributed by atoms with Crippen molar-refractivity contribution in [2.45, 2.75) is 50.6 Å². The van der Waals surface area contributed by atoms with Crippen LogP contribution in [0, 0.1) is 17.8 Å². The third-order valence-electron chi connectivity index (χ3n) is 7.06. The van der Waals surface area contributed by atoms with Gasteiger partial charge in [0.05, 0.1) is 13.2 Å². The molecule has 178 valence electrons. The second-order valence-corrected chi connectivity index (χ2v) is 9.25. The van der Waals surface area contributed by atoms with Crippen molar-refractivity contribution in [2.24, 2.45) is 28.0 Å². The summed E-state index contributed by atoms with van der Waals surface area (Å²) in [5, 5.41) is 18.8. The lowest BCUT2D eigenvalue weighted by atomic mass is 9.65. The zero-order valence-electron chi connectivity index (χ0n) is 19.8. The Bertz CT molecular complexity index is 1010. The van der Waals surface area contributed by atoms with Gasteiger partial charge in [0, 0.05) is 12.3 Å². The normalized spacial score (nSPS) is 24.6. The molecule has 2 bridgehead atoms. The quantitative estimate of drug-likeness (QED) is 0.223. The smallest absolute Gasteiger partial charge is 0.303 e. The fourth-order valence-corrected chi connectivity index (χ4v) is 5.19. The van der Waals surface area contributed by atoms with E-state index in [2.05, 4.69) is 48.6 Å². The second-order valence-electron chi connectivity index (χ2n) is 9.25. The molecule has 1 saturated carbocycles. The molecule has 2 unspecified atom stereocenters. The van der Waals surface area contributed by atoms with Crippen LogP contribution in [-0.4, -0.2) is 24.2 Å². The summed E-state index contributed by atoms with van der Waals surface area (Å²) in [5.74, 6) is 1.52. The van der Waals surface area contributed by atoms with Gasteiger partial charge in [-0.15, -0.1) is 0 Å². The van der Waals surface area contributed by atoms with E-state index >= 15 is 0 Å². The first-order chi connectivity index (χ1) is 16.7. The zero-order chi connectivity index (χ0) is 23.8. The lowest BCUT2D eigenvalue weighted by molar-refractivity contribution is -0.137. The molecule has 0 radical (unpaired) electrons. The van der Waals surface area contributed by atoms with Crippen LogP contribution in [0.5, 0.6) is 5.75 Å². The molecule has 0 aromatic heterocycles. The molecule has 2 aromatic rings. The highest BCUT2D eigenvalue weighted by atomic mass is 16.5. The molecule has 0 amide bonds. The zero-order valence-corrected chi connectivity index (χ0v) is 19.8. The van der Waals surface area contributed by atoms with Crippen molar-refractivity contribution in [3.05, 3.63) is 90.0 Å². The number of rotatable bonds is 11. The van der Waals surface area contributed by atoms with Crippen LogP contribution >= 0.6 is 0 Å². The number of carbonyl (C=O) groups is 1. The third-order valence-corrected chi connectivity index (χ3v) is 7.06. The average Bonchev–Trinajstić information content (AvgIpc) is 2.88. The van der Waals surface area contributed by atoms with Gasteiger partial charge in [-0.25, -0.2) is 0 Å². The largest absolute Gasteiger partial charge is 0.497 e. The van der Waals surface area contributed by atoms with E-state index in [4.69, 9.17) is 20.1 Å². The minimum Gasteiger partial charge on any atom is -0.497 e. The summed E-state index contributed by atoms with van der Waals surface area (Å²) in [5.41, 5.74) is 2.23. The molecule has 3 aliphatic rings. The Morgan fingerprint density at radius 1 is 1.03 bits per heavy atom. The minimum atomic E-state index is -0.728. The molecule has 5 atom stereocenters. The van der Waals surface area contributed by atoms with Crippen molar-refractivity contribution >= 4 is 5.97 Å². The summed E-state index contributed by atoms with van der Waals surface area (Å²) < 4.78 is 5.33. The number of unbranched alkanes of at least 4 members (excludes halogenated alkanes) is 1. The lowest BCUT2D eigenvalue weighted by Crippen LogP contribution is -2.39. The maximum atomic E-state index is 10.7. The summed E-state index contributed by atoms with van der Waals surface area (Å²) in [6, 6.07) is 18.5. The number of allylic oxidation sites excluding steroid dienone is 3. The molecule has 0 aliphatic heterocycles. The van der Waals surface area contributed by atoms with E-state index in [-0.39, 0.29) is 18.5 Å². The number of ether oxygens (including phenoxy) is 1. The number of carboxylic acid groups (broad SMARTS) is 1. The van der Waals surface area contributed by atoms with E-state index in [1.807, 2.05) is 30.3 Å². The molecule has 2 aromatic carbocycles. The maximum absolute atomic E-state index is 10.7. The molecule has 0 saturated heterocycles. The molecule has 0 heterocycles. The van der Waals surface area contributed by atoms with Crippen LogP contribution in [0.1, 0.15) is 55.7 Å². The lowest BCUT2D eigenvalue weighted by Gasteiger charge is -2.42. The van der Waals surface area contributed by atoms with Crippen molar-refractivity contribution in [3.8, 4) is 5.75 Å². The Morgan fingerprint density at radius 2 is 1.74 bits per heavy atom. The van der Waals surface area contributed by atoms with Crippen LogP contribution < -0.4 is 4.74 Å². The van der Waals surface area contributed by atoms with Crippen molar-refractivity contribution < 1.29 is 14.6 Å². The standard InChI is InChI=1S/C29H34N2O3/c1-34-25-19-17-23(18-20-25)28(22-9-5-4-6-10-22)30-31-29-24-15-13-21(14-16-24)26(29)11-7-2-3-8-12-27(32)33/h2,4-7,9-10,13,15,17-21,24,26,28-29H,3,8,11-12,14,16H2,1H3,(H,32,33)/b7-2-,31-30?/t21-,24+,26-,28?,29?/m1/s1. The van der Waals surface area contributed by atoms with Gasteiger partial charge >= 0.3 is 5.97 Å². The fourth-order valence-electron chi connectivity index (χ4n) is 5.19. The van der Waals surface area contributed by atoms with Crippen LogP contribution in [0.3, 0.4) is 0 Å². The van der Waals surface area contributed by atoms with E-state index in [0.717, 1.165) is 29.7 Å². The highest BCUT2D eigenvalue weighted by Crippen LogP contribution is 2.44. The van der Waals surface area contributed by atoms with Gasteiger partial charge in [0.1, 0.15) is 11.8 Å². The molecule has 0 spiro atoms. The molecular formula is C29H34N2O3. The Balaban J connectivity index is 1.51. The van der Waals surface area contributed by atoms with Crippen LogP contribution in [0.2, 0.25) is 0 Å². The van der Waals surface area contributed by atoms with Gasteiger partial charge in [0.15, 0.2) is 0 Å². The Hall–Kier alpha value is -3.21. The fraction of sp³-hybridized carbons (Fsp3) is 0.414. The molecule has 3 aliphatic carbocycles. The molecule has 1 fully saturated rings. The van der Waals surface area contributed by atoms with Gasteiger partial charge in [-0.1, -0.05) is 66.8 Å². The predicted octanol–water partition coefficient (Wildman–Crippen LogP) is 7.02. The monoisotopic (exact) mass is 458 g/mol. The number of nitrogens with zero attached hydrogens (tertiary/aromatic N) is 2. The Labute approximate surface area is 202 Å². The minimum absolute atomic E-state index is 0.149.